The molecule has 0 fully saturated rings. The lowest BCUT2D eigenvalue weighted by Crippen LogP contribution is -2.35. The second-order valence-electron chi connectivity index (χ2n) is 4.46. The van der Waals surface area contributed by atoms with Crippen molar-refractivity contribution < 1.29 is 4.79 Å². The number of nitriles is 1. The van der Waals surface area contributed by atoms with Gasteiger partial charge in [0.05, 0.1) is 12.5 Å². The van der Waals surface area contributed by atoms with Crippen LogP contribution in [0.1, 0.15) is 36.3 Å². The van der Waals surface area contributed by atoms with Gasteiger partial charge in [0.2, 0.25) is 0 Å². The van der Waals surface area contributed by atoms with E-state index in [0.29, 0.717) is 17.8 Å². The van der Waals surface area contributed by atoms with Crippen LogP contribution < -0.4 is 5.32 Å². The molecule has 0 bridgehead atoms. The molecule has 0 aliphatic rings. The second kappa shape index (κ2) is 6.74. The van der Waals surface area contributed by atoms with Crippen LogP contribution in [-0.4, -0.2) is 35.9 Å². The van der Waals surface area contributed by atoms with Gasteiger partial charge in [-0.25, -0.2) is 4.98 Å². The Labute approximate surface area is 114 Å². The van der Waals surface area contributed by atoms with Crippen LogP contribution in [0.3, 0.4) is 0 Å². The van der Waals surface area contributed by atoms with Crippen molar-refractivity contribution >= 4 is 11.7 Å². The minimum absolute atomic E-state index is 0.0867. The van der Waals surface area contributed by atoms with Crippen molar-refractivity contribution in [2.75, 3.05) is 19.4 Å². The third-order valence-electron chi connectivity index (χ3n) is 3.11. The van der Waals surface area contributed by atoms with Crippen molar-refractivity contribution in [1.82, 2.24) is 9.88 Å². The Morgan fingerprint density at radius 1 is 1.58 bits per heavy atom. The van der Waals surface area contributed by atoms with Crippen molar-refractivity contribution in [3.8, 4) is 6.07 Å². The Kier molecular flexibility index (Phi) is 5.31. The average molecular weight is 260 g/mol. The lowest BCUT2D eigenvalue weighted by atomic mass is 10.1. The van der Waals surface area contributed by atoms with Crippen LogP contribution in [0.15, 0.2) is 12.1 Å². The van der Waals surface area contributed by atoms with Crippen LogP contribution in [0.4, 0.5) is 5.82 Å². The van der Waals surface area contributed by atoms with Gasteiger partial charge < -0.3 is 10.2 Å². The van der Waals surface area contributed by atoms with E-state index in [1.54, 1.807) is 31.1 Å². The highest BCUT2D eigenvalue weighted by Crippen LogP contribution is 2.14. The number of rotatable bonds is 5. The molecule has 0 aliphatic carbocycles. The van der Waals surface area contributed by atoms with Gasteiger partial charge in [-0.1, -0.05) is 6.92 Å². The number of carbonyl (C=O) groups is 1. The molecule has 0 aromatic carbocycles. The number of pyridine rings is 1. The monoisotopic (exact) mass is 260 g/mol. The number of carbonyl (C=O) groups excluding carboxylic acids is 1. The number of aryl methyl sites for hydroxylation is 1. The fourth-order valence-corrected chi connectivity index (χ4v) is 1.69. The zero-order valence-electron chi connectivity index (χ0n) is 11.9. The smallest absolute Gasteiger partial charge is 0.254 e. The van der Waals surface area contributed by atoms with E-state index in [0.717, 1.165) is 12.1 Å². The Balaban J connectivity index is 3.02. The first-order valence-electron chi connectivity index (χ1n) is 6.36. The molecule has 1 atom stereocenters. The summed E-state index contributed by atoms with van der Waals surface area (Å²) in [6.07, 6.45) is 1.10. The van der Waals surface area contributed by atoms with Gasteiger partial charge in [0.15, 0.2) is 0 Å². The van der Waals surface area contributed by atoms with Crippen molar-refractivity contribution in [2.24, 2.45) is 0 Å². The van der Waals surface area contributed by atoms with E-state index in [1.165, 1.54) is 0 Å². The van der Waals surface area contributed by atoms with E-state index in [1.807, 2.05) is 13.8 Å². The first-order chi connectivity index (χ1) is 9.03. The highest BCUT2D eigenvalue weighted by atomic mass is 16.2. The van der Waals surface area contributed by atoms with Crippen LogP contribution >= 0.6 is 0 Å². The summed E-state index contributed by atoms with van der Waals surface area (Å²) < 4.78 is 0. The van der Waals surface area contributed by atoms with Crippen LogP contribution in [-0.2, 0) is 6.42 Å². The largest absolute Gasteiger partial charge is 0.373 e. The summed E-state index contributed by atoms with van der Waals surface area (Å²) >= 11 is 0. The summed E-state index contributed by atoms with van der Waals surface area (Å²) in [6.45, 7) is 3.86. The fourth-order valence-electron chi connectivity index (χ4n) is 1.69. The van der Waals surface area contributed by atoms with E-state index in [4.69, 9.17) is 5.26 Å². The number of anilines is 1. The average Bonchev–Trinajstić information content (AvgIpc) is 2.45. The molecule has 1 aromatic rings. The fraction of sp³-hybridized carbons (Fsp3) is 0.500. The summed E-state index contributed by atoms with van der Waals surface area (Å²) in [5.41, 5.74) is 1.47. The molecule has 0 spiro atoms. The maximum absolute atomic E-state index is 12.4. The molecule has 1 heterocycles. The van der Waals surface area contributed by atoms with Crippen molar-refractivity contribution in [3.05, 3.63) is 23.4 Å². The Morgan fingerprint density at radius 2 is 2.26 bits per heavy atom. The Morgan fingerprint density at radius 3 is 2.79 bits per heavy atom. The molecule has 1 rings (SSSR count). The molecule has 5 heteroatoms. The van der Waals surface area contributed by atoms with E-state index in [2.05, 4.69) is 16.4 Å². The SMILES string of the molecule is CCc1cc(C(=O)N(C)C(C)CC#N)cc(NC)n1. The number of nitrogens with zero attached hydrogens (tertiary/aromatic N) is 3. The number of amides is 1. The predicted octanol–water partition coefficient (Wildman–Crippen LogP) is 2.06. The highest BCUT2D eigenvalue weighted by Gasteiger charge is 2.18. The van der Waals surface area contributed by atoms with Gasteiger partial charge in [0.1, 0.15) is 5.82 Å². The van der Waals surface area contributed by atoms with E-state index < -0.39 is 0 Å². The summed E-state index contributed by atoms with van der Waals surface area (Å²) in [5, 5.41) is 11.7. The first-order valence-corrected chi connectivity index (χ1v) is 6.36. The van der Waals surface area contributed by atoms with Crippen molar-refractivity contribution in [3.63, 3.8) is 0 Å². The standard InChI is InChI=1S/C14H20N4O/c1-5-12-8-11(9-13(16-3)17-12)14(19)18(4)10(2)6-7-15/h8-10H,5-6H2,1-4H3,(H,16,17). The number of nitrogens with one attached hydrogen (secondary N) is 1. The predicted molar refractivity (Wildman–Crippen MR) is 74.9 cm³/mol. The third-order valence-corrected chi connectivity index (χ3v) is 3.11. The third kappa shape index (κ3) is 3.68. The van der Waals surface area contributed by atoms with Crippen molar-refractivity contribution in [1.29, 1.82) is 5.26 Å². The Hall–Kier alpha value is -2.09. The number of hydrogen-bond acceptors (Lipinski definition) is 4. The van der Waals surface area contributed by atoms with Gasteiger partial charge in [-0.05, 0) is 25.5 Å². The molecule has 102 valence electrons. The van der Waals surface area contributed by atoms with Crippen LogP contribution in [0.25, 0.3) is 0 Å². The molecule has 0 saturated heterocycles. The summed E-state index contributed by atoms with van der Waals surface area (Å²) in [7, 11) is 3.49. The molecule has 0 radical (unpaired) electrons. The van der Waals surface area contributed by atoms with Gasteiger partial charge in [-0.2, -0.15) is 5.26 Å². The lowest BCUT2D eigenvalue weighted by molar-refractivity contribution is 0.0746. The van der Waals surface area contributed by atoms with Gasteiger partial charge in [-0.3, -0.25) is 4.79 Å². The molecule has 1 unspecified atom stereocenters. The van der Waals surface area contributed by atoms with Gasteiger partial charge in [0, 0.05) is 31.4 Å². The second-order valence-corrected chi connectivity index (χ2v) is 4.46. The minimum Gasteiger partial charge on any atom is -0.373 e. The maximum Gasteiger partial charge on any atom is 0.254 e. The van der Waals surface area contributed by atoms with Crippen LogP contribution in [0, 0.1) is 11.3 Å². The van der Waals surface area contributed by atoms with Gasteiger partial charge in [0.25, 0.3) is 5.91 Å². The minimum atomic E-state index is -0.103. The molecular weight excluding hydrogens is 240 g/mol. The molecular formula is C14H20N4O. The summed E-state index contributed by atoms with van der Waals surface area (Å²) in [4.78, 5) is 18.3. The lowest BCUT2D eigenvalue weighted by Gasteiger charge is -2.23. The molecule has 1 amide bonds. The van der Waals surface area contributed by atoms with Crippen LogP contribution in [0.2, 0.25) is 0 Å². The molecule has 19 heavy (non-hydrogen) atoms. The van der Waals surface area contributed by atoms with Crippen molar-refractivity contribution in [2.45, 2.75) is 32.7 Å². The molecule has 1 aromatic heterocycles. The first kappa shape index (κ1) is 15.0. The van der Waals surface area contributed by atoms with Crippen LogP contribution in [0.5, 0.6) is 0 Å². The Bertz CT molecular complexity index is 470. The van der Waals surface area contributed by atoms with E-state index >= 15 is 0 Å². The number of aromatic nitrogens is 1. The molecule has 0 saturated carbocycles. The summed E-state index contributed by atoms with van der Waals surface area (Å²) in [6, 6.07) is 5.52. The molecule has 0 aliphatic heterocycles. The zero-order valence-corrected chi connectivity index (χ0v) is 11.9. The highest BCUT2D eigenvalue weighted by molar-refractivity contribution is 5.95. The molecule has 5 nitrogen and oxygen atoms in total. The topological polar surface area (TPSA) is 69.0 Å². The number of hydrogen-bond donors (Lipinski definition) is 1. The van der Waals surface area contributed by atoms with Gasteiger partial charge in [-0.15, -0.1) is 0 Å². The van der Waals surface area contributed by atoms with E-state index in [9.17, 15) is 4.79 Å². The zero-order chi connectivity index (χ0) is 14.4. The molecule has 1 N–H and O–H groups in total. The normalized spacial score (nSPS) is 11.5. The van der Waals surface area contributed by atoms with Gasteiger partial charge >= 0.3 is 0 Å². The maximum atomic E-state index is 12.4. The quantitative estimate of drug-likeness (QED) is 0.879. The summed E-state index contributed by atoms with van der Waals surface area (Å²) in [5.74, 6) is 0.598. The van der Waals surface area contributed by atoms with E-state index in [-0.39, 0.29) is 11.9 Å².